The summed E-state index contributed by atoms with van der Waals surface area (Å²) in [5, 5.41) is 0. The molecule has 0 saturated carbocycles. The Hall–Kier alpha value is -1.94. The van der Waals surface area contributed by atoms with Gasteiger partial charge in [0.05, 0.1) is 23.5 Å². The molecule has 96 valence electrons. The molecule has 19 heavy (non-hydrogen) atoms. The van der Waals surface area contributed by atoms with Gasteiger partial charge in [-0.05, 0) is 41.8 Å². The summed E-state index contributed by atoms with van der Waals surface area (Å²) in [6.07, 6.45) is 0.697. The molecule has 0 amide bonds. The molecule has 1 unspecified atom stereocenters. The highest BCUT2D eigenvalue weighted by Gasteiger charge is 2.22. The van der Waals surface area contributed by atoms with Crippen LogP contribution < -0.4 is 0 Å². The Kier molecular flexibility index (Phi) is 2.95. The monoisotopic (exact) mass is 272 g/mol. The van der Waals surface area contributed by atoms with Crippen molar-refractivity contribution < 1.29 is 13.7 Å². The maximum atomic E-state index is 12.5. The lowest BCUT2D eigenvalue weighted by atomic mass is 10.0. The molecule has 2 aromatic carbocycles. The molecule has 0 fully saturated rings. The van der Waals surface area contributed by atoms with Gasteiger partial charge in [-0.3, -0.25) is 0 Å². The highest BCUT2D eigenvalue weighted by atomic mass is 32.2. The quantitative estimate of drug-likeness (QED) is 0.639. The van der Waals surface area contributed by atoms with E-state index in [9.17, 15) is 9.00 Å². The van der Waals surface area contributed by atoms with Gasteiger partial charge in [-0.15, -0.1) is 0 Å². The Morgan fingerprint density at radius 1 is 1.11 bits per heavy atom. The Morgan fingerprint density at radius 2 is 1.84 bits per heavy atom. The molecule has 3 nitrogen and oxygen atoms in total. The number of rotatable bonds is 1. The Bertz CT molecular complexity index is 692. The van der Waals surface area contributed by atoms with E-state index in [1.165, 1.54) is 7.11 Å². The summed E-state index contributed by atoms with van der Waals surface area (Å²) in [6, 6.07) is 12.9. The summed E-state index contributed by atoms with van der Waals surface area (Å²) in [4.78, 5) is 13.2. The number of carbonyl (C=O) groups excluding carboxylic acids is 1. The SMILES string of the molecule is COC(=O)c1ccc2c(c1)Cc1ccccc1S2=O. The van der Waals surface area contributed by atoms with Crippen LogP contribution in [-0.4, -0.2) is 17.3 Å². The third-order valence-electron chi connectivity index (χ3n) is 3.23. The van der Waals surface area contributed by atoms with Gasteiger partial charge < -0.3 is 4.74 Å². The maximum Gasteiger partial charge on any atom is 0.337 e. The van der Waals surface area contributed by atoms with Gasteiger partial charge in [0.15, 0.2) is 0 Å². The topological polar surface area (TPSA) is 43.4 Å². The van der Waals surface area contributed by atoms with E-state index in [1.807, 2.05) is 24.3 Å². The van der Waals surface area contributed by atoms with Gasteiger partial charge in [0, 0.05) is 9.79 Å². The lowest BCUT2D eigenvalue weighted by molar-refractivity contribution is 0.0600. The van der Waals surface area contributed by atoms with Gasteiger partial charge in [-0.25, -0.2) is 9.00 Å². The molecule has 3 rings (SSSR count). The molecule has 1 atom stereocenters. The highest BCUT2D eigenvalue weighted by molar-refractivity contribution is 7.85. The average molecular weight is 272 g/mol. The Balaban J connectivity index is 2.10. The minimum Gasteiger partial charge on any atom is -0.465 e. The molecule has 0 aliphatic carbocycles. The average Bonchev–Trinajstić information content (AvgIpc) is 2.46. The lowest BCUT2D eigenvalue weighted by Gasteiger charge is -2.19. The second-order valence-corrected chi connectivity index (χ2v) is 5.78. The van der Waals surface area contributed by atoms with E-state index in [-0.39, 0.29) is 5.97 Å². The van der Waals surface area contributed by atoms with Gasteiger partial charge in [0.1, 0.15) is 0 Å². The van der Waals surface area contributed by atoms with Crippen molar-refractivity contribution in [2.45, 2.75) is 16.2 Å². The molecule has 0 radical (unpaired) electrons. The van der Waals surface area contributed by atoms with Crippen LogP contribution in [0.2, 0.25) is 0 Å². The van der Waals surface area contributed by atoms with Crippen molar-refractivity contribution in [1.29, 1.82) is 0 Å². The van der Waals surface area contributed by atoms with E-state index in [4.69, 9.17) is 4.74 Å². The van der Waals surface area contributed by atoms with Crippen LogP contribution in [0, 0.1) is 0 Å². The van der Waals surface area contributed by atoms with Crippen LogP contribution in [0.1, 0.15) is 21.5 Å². The second kappa shape index (κ2) is 4.63. The number of ether oxygens (including phenoxy) is 1. The first kappa shape index (κ1) is 12.1. The zero-order valence-corrected chi connectivity index (χ0v) is 11.2. The summed E-state index contributed by atoms with van der Waals surface area (Å²) in [7, 11) is 0.191. The molecular formula is C15H12O3S. The molecule has 4 heteroatoms. The molecule has 0 aromatic heterocycles. The summed E-state index contributed by atoms with van der Waals surface area (Å²) < 4.78 is 17.2. The van der Waals surface area contributed by atoms with Crippen LogP contribution in [0.5, 0.6) is 0 Å². The minimum atomic E-state index is -1.17. The smallest absolute Gasteiger partial charge is 0.337 e. The number of benzene rings is 2. The van der Waals surface area contributed by atoms with Crippen molar-refractivity contribution in [1.82, 2.24) is 0 Å². The fraction of sp³-hybridized carbons (Fsp3) is 0.133. The van der Waals surface area contributed by atoms with Crippen molar-refractivity contribution in [3.8, 4) is 0 Å². The van der Waals surface area contributed by atoms with Crippen LogP contribution >= 0.6 is 0 Å². The largest absolute Gasteiger partial charge is 0.465 e. The normalized spacial score (nSPS) is 16.4. The minimum absolute atomic E-state index is 0.368. The molecule has 1 aliphatic heterocycles. The molecule has 1 heterocycles. The summed E-state index contributed by atoms with van der Waals surface area (Å²) in [5.74, 6) is -0.368. The van der Waals surface area contributed by atoms with Gasteiger partial charge in [0.2, 0.25) is 0 Å². The van der Waals surface area contributed by atoms with Crippen LogP contribution in [0.15, 0.2) is 52.3 Å². The number of hydrogen-bond acceptors (Lipinski definition) is 3. The predicted octanol–water partition coefficient (Wildman–Crippen LogP) is 2.54. The van der Waals surface area contributed by atoms with E-state index < -0.39 is 10.8 Å². The molecule has 0 spiro atoms. The molecular weight excluding hydrogens is 260 g/mol. The van der Waals surface area contributed by atoms with Gasteiger partial charge in [0.25, 0.3) is 0 Å². The summed E-state index contributed by atoms with van der Waals surface area (Å²) >= 11 is 0. The highest BCUT2D eigenvalue weighted by Crippen LogP contribution is 2.31. The lowest BCUT2D eigenvalue weighted by Crippen LogP contribution is -2.11. The van der Waals surface area contributed by atoms with Crippen LogP contribution in [-0.2, 0) is 22.0 Å². The van der Waals surface area contributed by atoms with E-state index in [0.29, 0.717) is 12.0 Å². The van der Waals surface area contributed by atoms with E-state index >= 15 is 0 Å². The van der Waals surface area contributed by atoms with Crippen molar-refractivity contribution >= 4 is 16.8 Å². The van der Waals surface area contributed by atoms with Crippen molar-refractivity contribution in [3.05, 3.63) is 59.2 Å². The number of fused-ring (bicyclic) bond motifs is 2. The zero-order valence-electron chi connectivity index (χ0n) is 10.4. The number of methoxy groups -OCH3 is 1. The van der Waals surface area contributed by atoms with E-state index in [1.54, 1.807) is 18.2 Å². The van der Waals surface area contributed by atoms with Crippen LogP contribution in [0.25, 0.3) is 0 Å². The number of esters is 1. The number of carbonyl (C=O) groups is 1. The third kappa shape index (κ3) is 1.98. The van der Waals surface area contributed by atoms with Gasteiger partial charge in [-0.1, -0.05) is 18.2 Å². The first-order valence-electron chi connectivity index (χ1n) is 5.91. The van der Waals surface area contributed by atoms with Crippen molar-refractivity contribution in [3.63, 3.8) is 0 Å². The Labute approximate surface area is 113 Å². The molecule has 0 N–H and O–H groups in total. The fourth-order valence-corrected chi connectivity index (χ4v) is 3.68. The van der Waals surface area contributed by atoms with E-state index in [0.717, 1.165) is 20.9 Å². The number of hydrogen-bond donors (Lipinski definition) is 0. The zero-order chi connectivity index (χ0) is 13.4. The molecule has 1 aliphatic rings. The van der Waals surface area contributed by atoms with Crippen LogP contribution in [0.4, 0.5) is 0 Å². The van der Waals surface area contributed by atoms with E-state index in [2.05, 4.69) is 0 Å². The molecule has 0 bridgehead atoms. The third-order valence-corrected chi connectivity index (χ3v) is 4.83. The van der Waals surface area contributed by atoms with Gasteiger partial charge >= 0.3 is 5.97 Å². The second-order valence-electron chi connectivity index (χ2n) is 4.37. The van der Waals surface area contributed by atoms with Gasteiger partial charge in [-0.2, -0.15) is 0 Å². The predicted molar refractivity (Wildman–Crippen MR) is 71.7 cm³/mol. The summed E-state index contributed by atoms with van der Waals surface area (Å²) in [5.41, 5.74) is 2.48. The maximum absolute atomic E-state index is 12.5. The first-order chi connectivity index (χ1) is 9.20. The standard InChI is InChI=1S/C15H12O3S/c1-18-15(16)11-6-7-14-12(9-11)8-10-4-2-3-5-13(10)19(14)17/h2-7,9H,8H2,1H3. The van der Waals surface area contributed by atoms with Crippen molar-refractivity contribution in [2.75, 3.05) is 7.11 Å². The first-order valence-corrected chi connectivity index (χ1v) is 7.06. The molecule has 2 aromatic rings. The van der Waals surface area contributed by atoms with Crippen LogP contribution in [0.3, 0.4) is 0 Å². The summed E-state index contributed by atoms with van der Waals surface area (Å²) in [6.45, 7) is 0. The van der Waals surface area contributed by atoms with Crippen molar-refractivity contribution in [2.24, 2.45) is 0 Å². The Morgan fingerprint density at radius 3 is 2.63 bits per heavy atom. The molecule has 0 saturated heterocycles. The fourth-order valence-electron chi connectivity index (χ4n) is 2.30.